The first-order chi connectivity index (χ1) is 21.7. The predicted molar refractivity (Wildman–Crippen MR) is 170 cm³/mol. The predicted octanol–water partition coefficient (Wildman–Crippen LogP) is 4.31. The number of aryl methyl sites for hydroxylation is 1. The third-order valence-electron chi connectivity index (χ3n) is 7.78. The molecule has 1 aromatic heterocycles. The van der Waals surface area contributed by atoms with E-state index in [2.05, 4.69) is 15.6 Å². The van der Waals surface area contributed by atoms with Crippen LogP contribution >= 0.6 is 0 Å². The Morgan fingerprint density at radius 1 is 1.02 bits per heavy atom. The van der Waals surface area contributed by atoms with Crippen LogP contribution in [-0.2, 0) is 41.9 Å². The summed E-state index contributed by atoms with van der Waals surface area (Å²) in [6, 6.07) is 18.0. The van der Waals surface area contributed by atoms with Gasteiger partial charge in [0.15, 0.2) is 5.82 Å². The summed E-state index contributed by atoms with van der Waals surface area (Å²) in [5, 5.41) is 5.63. The minimum absolute atomic E-state index is 0.0265. The van der Waals surface area contributed by atoms with E-state index in [0.717, 1.165) is 24.0 Å². The molecular weight excluding hydrogens is 574 g/mol. The second-order valence-electron chi connectivity index (χ2n) is 12.3. The van der Waals surface area contributed by atoms with Gasteiger partial charge in [0, 0.05) is 18.2 Å². The van der Waals surface area contributed by atoms with Crippen LogP contribution < -0.4 is 10.6 Å². The molecule has 2 N–H and O–H groups in total. The van der Waals surface area contributed by atoms with Crippen molar-refractivity contribution in [3.05, 3.63) is 84.3 Å². The van der Waals surface area contributed by atoms with Crippen molar-refractivity contribution < 1.29 is 28.9 Å². The monoisotopic (exact) mass is 619 g/mol. The van der Waals surface area contributed by atoms with Crippen LogP contribution in [0.15, 0.2) is 73.2 Å². The molecule has 0 spiro atoms. The highest BCUT2D eigenvalue weighted by Gasteiger charge is 2.34. The van der Waals surface area contributed by atoms with Crippen LogP contribution in [0.4, 0.5) is 5.82 Å². The van der Waals surface area contributed by atoms with E-state index in [-0.39, 0.29) is 30.3 Å². The number of carbonyl (C=O) groups is 3. The summed E-state index contributed by atoms with van der Waals surface area (Å²) in [5.74, 6) is -0.501. The average molecular weight is 620 g/mol. The largest absolute Gasteiger partial charge is 0.374 e. The Hall–Kier alpha value is -4.06. The maximum atomic E-state index is 14.0. The van der Waals surface area contributed by atoms with Crippen LogP contribution in [-0.4, -0.2) is 71.1 Å². The molecule has 3 atom stereocenters. The van der Waals surface area contributed by atoms with Gasteiger partial charge in [-0.2, -0.15) is 0 Å². The SMILES string of the molecule is COOCC1CCCN1C(=O)C(CCc1ccccc1)n1cnc(NC(=O)C(COCc2ccccc2)NC(=O)C(C)(C)C)c1. The lowest BCUT2D eigenvalue weighted by atomic mass is 9.95. The number of ether oxygens (including phenoxy) is 1. The molecule has 0 radical (unpaired) electrons. The highest BCUT2D eigenvalue weighted by atomic mass is 17.2. The molecule has 1 aliphatic heterocycles. The first-order valence-corrected chi connectivity index (χ1v) is 15.4. The van der Waals surface area contributed by atoms with E-state index in [9.17, 15) is 14.4 Å². The van der Waals surface area contributed by atoms with Gasteiger partial charge in [0.25, 0.3) is 5.91 Å². The molecule has 0 bridgehead atoms. The number of anilines is 1. The second kappa shape index (κ2) is 16.3. The first-order valence-electron chi connectivity index (χ1n) is 15.4. The molecule has 2 aromatic carbocycles. The number of benzene rings is 2. The maximum absolute atomic E-state index is 14.0. The van der Waals surface area contributed by atoms with Crippen LogP contribution in [0, 0.1) is 5.41 Å². The lowest BCUT2D eigenvalue weighted by molar-refractivity contribution is -0.278. The third-order valence-corrected chi connectivity index (χ3v) is 7.78. The van der Waals surface area contributed by atoms with Gasteiger partial charge in [0.05, 0.1) is 32.7 Å². The van der Waals surface area contributed by atoms with E-state index in [1.165, 1.54) is 7.11 Å². The molecule has 3 unspecified atom stereocenters. The number of aromatic nitrogens is 2. The van der Waals surface area contributed by atoms with Crippen molar-refractivity contribution in [2.45, 2.75) is 71.2 Å². The highest BCUT2D eigenvalue weighted by Crippen LogP contribution is 2.26. The summed E-state index contributed by atoms with van der Waals surface area (Å²) in [6.45, 7) is 6.54. The van der Waals surface area contributed by atoms with Crippen LogP contribution in [0.5, 0.6) is 0 Å². The molecule has 11 nitrogen and oxygen atoms in total. The minimum atomic E-state index is -0.952. The second-order valence-corrected chi connectivity index (χ2v) is 12.3. The number of rotatable bonds is 15. The average Bonchev–Trinajstić information content (AvgIpc) is 3.70. The van der Waals surface area contributed by atoms with Crippen molar-refractivity contribution in [1.29, 1.82) is 0 Å². The van der Waals surface area contributed by atoms with E-state index in [1.54, 1.807) is 37.9 Å². The number of nitrogens with one attached hydrogen (secondary N) is 2. The highest BCUT2D eigenvalue weighted by molar-refractivity contribution is 5.97. The Balaban J connectivity index is 1.48. The Bertz CT molecular complexity index is 1370. The fraction of sp³-hybridized carbons (Fsp3) is 0.471. The van der Waals surface area contributed by atoms with Gasteiger partial charge in [-0.1, -0.05) is 81.4 Å². The molecule has 1 fully saturated rings. The number of hydrogen-bond donors (Lipinski definition) is 2. The normalized spacial score (nSPS) is 16.3. The van der Waals surface area contributed by atoms with E-state index < -0.39 is 23.4 Å². The van der Waals surface area contributed by atoms with Gasteiger partial charge < -0.3 is 24.8 Å². The molecule has 3 aromatic rings. The molecular formula is C34H45N5O6. The van der Waals surface area contributed by atoms with Gasteiger partial charge in [-0.15, -0.1) is 0 Å². The number of carbonyl (C=O) groups excluding carboxylic acids is 3. The zero-order valence-corrected chi connectivity index (χ0v) is 26.6. The number of amides is 3. The number of hydrogen-bond acceptors (Lipinski definition) is 7. The zero-order chi connectivity index (χ0) is 32.2. The first kappa shape index (κ1) is 33.8. The van der Waals surface area contributed by atoms with Gasteiger partial charge in [-0.3, -0.25) is 14.4 Å². The van der Waals surface area contributed by atoms with Crippen molar-refractivity contribution in [3.63, 3.8) is 0 Å². The van der Waals surface area contributed by atoms with E-state index in [4.69, 9.17) is 14.5 Å². The Kier molecular flexibility index (Phi) is 12.3. The van der Waals surface area contributed by atoms with E-state index in [1.807, 2.05) is 65.6 Å². The summed E-state index contributed by atoms with van der Waals surface area (Å²) in [4.78, 5) is 56.5. The van der Waals surface area contributed by atoms with Crippen molar-refractivity contribution in [1.82, 2.24) is 19.8 Å². The lowest BCUT2D eigenvalue weighted by Gasteiger charge is -2.29. The Morgan fingerprint density at radius 3 is 2.38 bits per heavy atom. The lowest BCUT2D eigenvalue weighted by Crippen LogP contribution is -2.50. The number of nitrogens with zero attached hydrogens (tertiary/aromatic N) is 3. The molecule has 2 heterocycles. The van der Waals surface area contributed by atoms with Crippen molar-refractivity contribution in [2.24, 2.45) is 5.41 Å². The van der Waals surface area contributed by atoms with Crippen LogP contribution in [0.3, 0.4) is 0 Å². The van der Waals surface area contributed by atoms with Crippen LogP contribution in [0.25, 0.3) is 0 Å². The minimum Gasteiger partial charge on any atom is -0.374 e. The quantitative estimate of drug-likeness (QED) is 0.192. The topological polar surface area (TPSA) is 124 Å². The van der Waals surface area contributed by atoms with Crippen molar-refractivity contribution in [2.75, 3.05) is 32.2 Å². The smallest absolute Gasteiger partial charge is 0.250 e. The van der Waals surface area contributed by atoms with E-state index >= 15 is 0 Å². The molecule has 0 aliphatic carbocycles. The fourth-order valence-corrected chi connectivity index (χ4v) is 5.20. The fourth-order valence-electron chi connectivity index (χ4n) is 5.20. The Labute approximate surface area is 265 Å². The summed E-state index contributed by atoms with van der Waals surface area (Å²) < 4.78 is 7.58. The zero-order valence-electron chi connectivity index (χ0n) is 26.6. The van der Waals surface area contributed by atoms with Gasteiger partial charge in [0.2, 0.25) is 11.8 Å². The van der Waals surface area contributed by atoms with Gasteiger partial charge in [0.1, 0.15) is 18.7 Å². The molecule has 11 heteroatoms. The summed E-state index contributed by atoms with van der Waals surface area (Å²) in [7, 11) is 1.46. The maximum Gasteiger partial charge on any atom is 0.250 e. The molecule has 1 saturated heterocycles. The summed E-state index contributed by atoms with van der Waals surface area (Å²) in [5.41, 5.74) is 1.38. The molecule has 0 saturated carbocycles. The molecule has 1 aliphatic rings. The van der Waals surface area contributed by atoms with Crippen LogP contribution in [0.1, 0.15) is 57.2 Å². The number of likely N-dealkylation sites (tertiary alicyclic amines) is 1. The van der Waals surface area contributed by atoms with Gasteiger partial charge >= 0.3 is 0 Å². The van der Waals surface area contributed by atoms with E-state index in [0.29, 0.717) is 32.6 Å². The summed E-state index contributed by atoms with van der Waals surface area (Å²) >= 11 is 0. The molecule has 3 amide bonds. The standard InChI is InChI=1S/C34H45N5O6/c1-34(2,3)33(42)36-28(23-44-21-26-14-9-6-10-15-26)31(40)37-30-20-38(24-35-30)29(18-17-25-12-7-5-8-13-25)32(41)39-19-11-16-27(39)22-45-43-4/h5-10,12-15,20,24,27-29H,11,16-19,21-23H2,1-4H3,(H,36,42)(H,37,40). The third kappa shape index (κ3) is 9.97. The Morgan fingerprint density at radius 2 is 1.71 bits per heavy atom. The molecule has 242 valence electrons. The van der Waals surface area contributed by atoms with Crippen molar-refractivity contribution in [3.8, 4) is 0 Å². The van der Waals surface area contributed by atoms with Gasteiger partial charge in [-0.25, -0.2) is 14.8 Å². The summed E-state index contributed by atoms with van der Waals surface area (Å²) in [6.07, 6.45) is 6.17. The molecule has 45 heavy (non-hydrogen) atoms. The van der Waals surface area contributed by atoms with Crippen LogP contribution in [0.2, 0.25) is 0 Å². The number of imidazole rings is 1. The van der Waals surface area contributed by atoms with Gasteiger partial charge in [-0.05, 0) is 36.8 Å². The molecule has 4 rings (SSSR count). The van der Waals surface area contributed by atoms with Crippen molar-refractivity contribution >= 4 is 23.5 Å².